The van der Waals surface area contributed by atoms with Crippen LogP contribution in [0.15, 0.2) is 72.1 Å². The van der Waals surface area contributed by atoms with Crippen LogP contribution in [-0.4, -0.2) is 29.2 Å². The van der Waals surface area contributed by atoms with E-state index in [0.29, 0.717) is 16.3 Å². The predicted octanol–water partition coefficient (Wildman–Crippen LogP) is 3.60. The van der Waals surface area contributed by atoms with Crippen LogP contribution in [0.5, 0.6) is 5.75 Å². The molecule has 9 nitrogen and oxygen atoms in total. The zero-order chi connectivity index (χ0) is 25.7. The fraction of sp³-hybridized carbons (Fsp3) is 0.120. The number of anilines is 2. The highest BCUT2D eigenvalue weighted by Gasteiger charge is 2.36. The van der Waals surface area contributed by atoms with Crippen molar-refractivity contribution < 1.29 is 19.1 Å². The van der Waals surface area contributed by atoms with Crippen molar-refractivity contribution >= 4 is 52.0 Å². The highest BCUT2D eigenvalue weighted by atomic mass is 32.1. The maximum absolute atomic E-state index is 13.9. The third kappa shape index (κ3) is 5.21. The fourth-order valence-electron chi connectivity index (χ4n) is 3.57. The number of ether oxygens (including phenoxy) is 1. The molecule has 0 saturated carbocycles. The van der Waals surface area contributed by atoms with Crippen molar-refractivity contribution in [1.29, 1.82) is 0 Å². The van der Waals surface area contributed by atoms with Crippen molar-refractivity contribution in [3.05, 3.63) is 93.1 Å². The van der Waals surface area contributed by atoms with E-state index >= 15 is 0 Å². The van der Waals surface area contributed by atoms with Gasteiger partial charge in [-0.3, -0.25) is 19.3 Å². The fourth-order valence-corrected chi connectivity index (χ4v) is 5.12. The largest absolute Gasteiger partial charge is 0.497 e. The number of nitrogens with one attached hydrogen (secondary N) is 1. The molecule has 36 heavy (non-hydrogen) atoms. The van der Waals surface area contributed by atoms with Gasteiger partial charge in [-0.1, -0.05) is 36.4 Å². The monoisotopic (exact) mass is 521 g/mol. The van der Waals surface area contributed by atoms with Gasteiger partial charge in [0.05, 0.1) is 12.8 Å². The Hall–Kier alpha value is -4.22. The van der Waals surface area contributed by atoms with Crippen molar-refractivity contribution in [2.45, 2.75) is 12.6 Å². The van der Waals surface area contributed by atoms with Crippen LogP contribution in [-0.2, 0) is 11.3 Å². The van der Waals surface area contributed by atoms with Gasteiger partial charge >= 0.3 is 0 Å². The van der Waals surface area contributed by atoms with Crippen LogP contribution in [0, 0.1) is 0 Å². The van der Waals surface area contributed by atoms with E-state index in [1.807, 2.05) is 35.7 Å². The van der Waals surface area contributed by atoms with Gasteiger partial charge in [-0.25, -0.2) is 0 Å². The first-order valence-corrected chi connectivity index (χ1v) is 12.4. The van der Waals surface area contributed by atoms with Crippen molar-refractivity contribution in [2.75, 3.05) is 17.7 Å². The van der Waals surface area contributed by atoms with E-state index in [9.17, 15) is 14.4 Å². The molecule has 2 aromatic carbocycles. The van der Waals surface area contributed by atoms with E-state index < -0.39 is 17.9 Å². The molecule has 0 unspecified atom stereocenters. The number of primary amides is 1. The highest BCUT2D eigenvalue weighted by Crippen LogP contribution is 2.35. The zero-order valence-electron chi connectivity index (χ0n) is 19.2. The smallest absolute Gasteiger partial charge is 0.273 e. The molecule has 1 atom stereocenters. The summed E-state index contributed by atoms with van der Waals surface area (Å²) in [6.07, 6.45) is 0. The number of rotatable bonds is 9. The van der Waals surface area contributed by atoms with Crippen LogP contribution >= 0.6 is 22.9 Å². The average molecular weight is 522 g/mol. The Morgan fingerprint density at radius 1 is 1.06 bits per heavy atom. The van der Waals surface area contributed by atoms with Crippen LogP contribution in [0.2, 0.25) is 0 Å². The van der Waals surface area contributed by atoms with E-state index in [1.54, 1.807) is 36.4 Å². The summed E-state index contributed by atoms with van der Waals surface area (Å²) in [4.78, 5) is 41.3. The van der Waals surface area contributed by atoms with E-state index in [0.717, 1.165) is 17.1 Å². The number of carbonyl (C=O) groups is 3. The molecule has 2 heterocycles. The first kappa shape index (κ1) is 24.9. The maximum atomic E-state index is 13.9. The zero-order valence-corrected chi connectivity index (χ0v) is 20.8. The Kier molecular flexibility index (Phi) is 7.62. The Labute approximate surface area is 215 Å². The second-order valence-corrected chi connectivity index (χ2v) is 9.39. The van der Waals surface area contributed by atoms with Crippen molar-refractivity contribution in [3.8, 4) is 5.75 Å². The molecule has 2 aromatic heterocycles. The first-order valence-electron chi connectivity index (χ1n) is 10.8. The summed E-state index contributed by atoms with van der Waals surface area (Å²) in [7, 11) is 1.53. The van der Waals surface area contributed by atoms with E-state index in [1.165, 1.54) is 23.3 Å². The Bertz CT molecular complexity index is 1360. The van der Waals surface area contributed by atoms with Gasteiger partial charge in [-0.15, -0.1) is 11.3 Å². The number of nitrogen functional groups attached to an aromatic ring is 1. The van der Waals surface area contributed by atoms with Gasteiger partial charge in [0.15, 0.2) is 11.7 Å². The number of nitrogens with two attached hydrogens (primary N) is 2. The summed E-state index contributed by atoms with van der Waals surface area (Å²) in [6, 6.07) is 18.8. The summed E-state index contributed by atoms with van der Waals surface area (Å²) in [5, 5.41) is 4.77. The number of nitrogens with zero attached hydrogens (tertiary/aromatic N) is 2. The van der Waals surface area contributed by atoms with Crippen molar-refractivity contribution in [2.24, 2.45) is 5.73 Å². The molecule has 0 aliphatic carbocycles. The SMILES string of the molecule is COc1ccc(N(C(=O)c2snc(C(N)=O)c2N)[C@@H](C(=O)NCc2ccccc2)c2cccs2)cc1. The lowest BCUT2D eigenvalue weighted by Crippen LogP contribution is -2.43. The topological polar surface area (TPSA) is 141 Å². The van der Waals surface area contributed by atoms with Crippen LogP contribution in [0.1, 0.15) is 36.6 Å². The summed E-state index contributed by atoms with van der Waals surface area (Å²) >= 11 is 2.10. The lowest BCUT2D eigenvalue weighted by atomic mass is 10.1. The highest BCUT2D eigenvalue weighted by molar-refractivity contribution is 7.10. The molecule has 184 valence electrons. The number of amides is 3. The summed E-state index contributed by atoms with van der Waals surface area (Å²) in [6.45, 7) is 0.278. The van der Waals surface area contributed by atoms with Gasteiger partial charge in [-0.05, 0) is 52.8 Å². The Morgan fingerprint density at radius 2 is 1.78 bits per heavy atom. The third-order valence-corrected chi connectivity index (χ3v) is 7.13. The van der Waals surface area contributed by atoms with Gasteiger partial charge in [0.25, 0.3) is 11.8 Å². The molecule has 0 saturated heterocycles. The minimum Gasteiger partial charge on any atom is -0.497 e. The van der Waals surface area contributed by atoms with Gasteiger partial charge in [0, 0.05) is 17.1 Å². The average Bonchev–Trinajstić information content (AvgIpc) is 3.56. The van der Waals surface area contributed by atoms with E-state index in [2.05, 4.69) is 9.69 Å². The Morgan fingerprint density at radius 3 is 2.36 bits per heavy atom. The number of aromatic nitrogens is 1. The number of benzene rings is 2. The molecule has 0 fully saturated rings. The minimum absolute atomic E-state index is 0.0111. The van der Waals surface area contributed by atoms with Crippen LogP contribution in [0.4, 0.5) is 11.4 Å². The summed E-state index contributed by atoms with van der Waals surface area (Å²) < 4.78 is 9.21. The normalized spacial score (nSPS) is 11.5. The van der Waals surface area contributed by atoms with Crippen molar-refractivity contribution in [3.63, 3.8) is 0 Å². The van der Waals surface area contributed by atoms with Crippen LogP contribution in [0.3, 0.4) is 0 Å². The number of thiophene rings is 1. The number of carbonyl (C=O) groups excluding carboxylic acids is 3. The van der Waals surface area contributed by atoms with Crippen LogP contribution in [0.25, 0.3) is 0 Å². The molecule has 4 aromatic rings. The summed E-state index contributed by atoms with van der Waals surface area (Å²) in [5.74, 6) is -1.23. The first-order chi connectivity index (χ1) is 17.4. The molecule has 0 aliphatic heterocycles. The molecule has 0 radical (unpaired) electrons. The molecule has 0 bridgehead atoms. The number of hydrogen-bond donors (Lipinski definition) is 3. The Balaban J connectivity index is 1.78. The summed E-state index contributed by atoms with van der Waals surface area (Å²) in [5.41, 5.74) is 12.5. The van der Waals surface area contributed by atoms with Gasteiger partial charge in [0.1, 0.15) is 10.6 Å². The van der Waals surface area contributed by atoms with Gasteiger partial charge < -0.3 is 21.5 Å². The third-order valence-electron chi connectivity index (χ3n) is 5.35. The number of methoxy groups -OCH3 is 1. The quantitative estimate of drug-likeness (QED) is 0.307. The van der Waals surface area contributed by atoms with Crippen LogP contribution < -0.4 is 26.4 Å². The second kappa shape index (κ2) is 11.0. The van der Waals surface area contributed by atoms with Crippen molar-refractivity contribution in [1.82, 2.24) is 9.69 Å². The molecular formula is C25H23N5O4S2. The molecule has 4 rings (SSSR count). The lowest BCUT2D eigenvalue weighted by molar-refractivity contribution is -0.122. The molecule has 11 heteroatoms. The maximum Gasteiger partial charge on any atom is 0.273 e. The van der Waals surface area contributed by atoms with E-state index in [-0.39, 0.29) is 28.7 Å². The lowest BCUT2D eigenvalue weighted by Gasteiger charge is -2.30. The van der Waals surface area contributed by atoms with E-state index in [4.69, 9.17) is 16.2 Å². The van der Waals surface area contributed by atoms with Gasteiger partial charge in [0.2, 0.25) is 5.91 Å². The second-order valence-electron chi connectivity index (χ2n) is 7.63. The molecule has 0 spiro atoms. The minimum atomic E-state index is -1.02. The number of hydrogen-bond acceptors (Lipinski definition) is 8. The molecular weight excluding hydrogens is 498 g/mol. The molecule has 0 aliphatic rings. The predicted molar refractivity (Wildman–Crippen MR) is 140 cm³/mol. The molecule has 5 N–H and O–H groups in total. The standard InChI is InChI=1S/C25H23N5O4S2/c1-34-17-11-9-16(10-12-17)30(25(33)22-19(26)20(23(27)31)29-36-22)21(18-8-5-13-35-18)24(32)28-14-15-6-3-2-4-7-15/h2-13,21H,14,26H2,1H3,(H2,27,31)(H,28,32)/t21-/m1/s1. The van der Waals surface area contributed by atoms with Gasteiger partial charge in [-0.2, -0.15) is 4.37 Å². The molecule has 3 amide bonds.